The van der Waals surface area contributed by atoms with E-state index in [0.29, 0.717) is 12.4 Å². The average molecular weight is 457 g/mol. The van der Waals surface area contributed by atoms with E-state index in [4.69, 9.17) is 9.97 Å². The molecule has 0 spiro atoms. The molecular weight excluding hydrogens is 432 g/mol. The van der Waals surface area contributed by atoms with Gasteiger partial charge in [0.05, 0.1) is 34.6 Å². The summed E-state index contributed by atoms with van der Waals surface area (Å²) in [6.45, 7) is 4.28. The Bertz CT molecular complexity index is 1520. The van der Waals surface area contributed by atoms with Crippen LogP contribution in [0.5, 0.6) is 0 Å². The van der Waals surface area contributed by atoms with E-state index in [0.717, 1.165) is 44.7 Å². The van der Waals surface area contributed by atoms with Crippen LogP contribution in [0.1, 0.15) is 25.1 Å². The molecule has 6 nitrogen and oxygen atoms in total. The van der Waals surface area contributed by atoms with Crippen molar-refractivity contribution in [2.24, 2.45) is 0 Å². The van der Waals surface area contributed by atoms with Gasteiger partial charge in [0, 0.05) is 24.2 Å². The van der Waals surface area contributed by atoms with Crippen LogP contribution >= 0.6 is 0 Å². The van der Waals surface area contributed by atoms with Gasteiger partial charge in [-0.2, -0.15) is 5.26 Å². The lowest BCUT2D eigenvalue weighted by atomic mass is 9.87. The van der Waals surface area contributed by atoms with Crippen LogP contribution in [0, 0.1) is 11.3 Å². The molecule has 5 rings (SSSR count). The van der Waals surface area contributed by atoms with Crippen molar-refractivity contribution in [2.75, 3.05) is 5.32 Å². The summed E-state index contributed by atoms with van der Waals surface area (Å²) in [4.78, 5) is 18.7. The molecule has 0 saturated heterocycles. The SMILES string of the molecule is CC(C)(C#N)c1cncc(-c2nc(NCc3ccccn3)c3c(-c4ccccc4)cccc3n2)c1. The third-order valence-electron chi connectivity index (χ3n) is 5.97. The molecule has 170 valence electrons. The van der Waals surface area contributed by atoms with Gasteiger partial charge in [0.2, 0.25) is 0 Å². The van der Waals surface area contributed by atoms with Crippen LogP contribution in [0.3, 0.4) is 0 Å². The summed E-state index contributed by atoms with van der Waals surface area (Å²) in [5.74, 6) is 1.27. The van der Waals surface area contributed by atoms with Crippen LogP contribution in [-0.2, 0) is 12.0 Å². The molecule has 0 aliphatic carbocycles. The first-order chi connectivity index (χ1) is 17.0. The monoisotopic (exact) mass is 456 g/mol. The summed E-state index contributed by atoms with van der Waals surface area (Å²) < 4.78 is 0. The van der Waals surface area contributed by atoms with Crippen LogP contribution in [0.4, 0.5) is 5.82 Å². The maximum absolute atomic E-state index is 9.59. The second-order valence-corrected chi connectivity index (χ2v) is 8.84. The van der Waals surface area contributed by atoms with Gasteiger partial charge in [-0.1, -0.05) is 48.5 Å². The highest BCUT2D eigenvalue weighted by atomic mass is 15.0. The van der Waals surface area contributed by atoms with Crippen molar-refractivity contribution in [2.45, 2.75) is 25.8 Å². The molecule has 0 amide bonds. The van der Waals surface area contributed by atoms with Crippen molar-refractivity contribution in [3.63, 3.8) is 0 Å². The normalized spacial score (nSPS) is 11.2. The number of hydrogen-bond donors (Lipinski definition) is 1. The fourth-order valence-corrected chi connectivity index (χ4v) is 3.94. The molecule has 3 heterocycles. The number of benzene rings is 2. The van der Waals surface area contributed by atoms with Gasteiger partial charge >= 0.3 is 0 Å². The highest BCUT2D eigenvalue weighted by Crippen LogP contribution is 2.34. The molecule has 35 heavy (non-hydrogen) atoms. The molecule has 0 unspecified atom stereocenters. The second kappa shape index (κ2) is 9.32. The Morgan fingerprint density at radius 3 is 2.49 bits per heavy atom. The Morgan fingerprint density at radius 2 is 1.71 bits per heavy atom. The maximum Gasteiger partial charge on any atom is 0.163 e. The lowest BCUT2D eigenvalue weighted by Gasteiger charge is -2.17. The molecular formula is C29H24N6. The molecule has 3 aromatic heterocycles. The van der Waals surface area contributed by atoms with Crippen LogP contribution < -0.4 is 5.32 Å². The third kappa shape index (κ3) is 4.57. The van der Waals surface area contributed by atoms with E-state index in [2.05, 4.69) is 39.6 Å². The van der Waals surface area contributed by atoms with Gasteiger partial charge in [-0.15, -0.1) is 0 Å². The molecule has 0 aliphatic rings. The highest BCUT2D eigenvalue weighted by Gasteiger charge is 2.22. The number of nitrogens with one attached hydrogen (secondary N) is 1. The third-order valence-corrected chi connectivity index (χ3v) is 5.97. The molecule has 2 aromatic carbocycles. The van der Waals surface area contributed by atoms with Gasteiger partial charge in [-0.05, 0) is 54.8 Å². The average Bonchev–Trinajstić information content (AvgIpc) is 2.92. The second-order valence-electron chi connectivity index (χ2n) is 8.84. The minimum absolute atomic E-state index is 0.523. The first-order valence-corrected chi connectivity index (χ1v) is 11.4. The van der Waals surface area contributed by atoms with Gasteiger partial charge in [0.1, 0.15) is 5.82 Å². The predicted molar refractivity (Wildman–Crippen MR) is 138 cm³/mol. The molecule has 0 fully saturated rings. The van der Waals surface area contributed by atoms with Crippen LogP contribution in [-0.4, -0.2) is 19.9 Å². The van der Waals surface area contributed by atoms with E-state index in [9.17, 15) is 5.26 Å². The summed E-state index contributed by atoms with van der Waals surface area (Å²) in [6.07, 6.45) is 5.24. The summed E-state index contributed by atoms with van der Waals surface area (Å²) in [5.41, 5.74) is 4.80. The fourth-order valence-electron chi connectivity index (χ4n) is 3.94. The van der Waals surface area contributed by atoms with E-state index in [-0.39, 0.29) is 0 Å². The number of anilines is 1. The molecule has 0 aliphatic heterocycles. The Balaban J connectivity index is 1.68. The number of hydrogen-bond acceptors (Lipinski definition) is 6. The minimum atomic E-state index is -0.666. The van der Waals surface area contributed by atoms with E-state index in [1.165, 1.54) is 0 Å². The minimum Gasteiger partial charge on any atom is -0.364 e. The topological polar surface area (TPSA) is 87.4 Å². The maximum atomic E-state index is 9.59. The van der Waals surface area contributed by atoms with Crippen molar-refractivity contribution >= 4 is 16.7 Å². The van der Waals surface area contributed by atoms with Gasteiger partial charge in [0.25, 0.3) is 0 Å². The van der Waals surface area contributed by atoms with Crippen molar-refractivity contribution in [1.29, 1.82) is 5.26 Å². The summed E-state index contributed by atoms with van der Waals surface area (Å²) >= 11 is 0. The molecule has 0 saturated carbocycles. The van der Waals surface area contributed by atoms with Crippen molar-refractivity contribution in [3.05, 3.63) is 103 Å². The molecule has 6 heteroatoms. The van der Waals surface area contributed by atoms with Gasteiger partial charge < -0.3 is 5.32 Å². The van der Waals surface area contributed by atoms with Crippen LogP contribution in [0.2, 0.25) is 0 Å². The van der Waals surface area contributed by atoms with Gasteiger partial charge in [-0.3, -0.25) is 9.97 Å². The molecule has 0 radical (unpaired) electrons. The van der Waals surface area contributed by atoms with Gasteiger partial charge in [0.15, 0.2) is 5.82 Å². The first kappa shape index (κ1) is 22.2. The molecule has 0 bridgehead atoms. The molecule has 0 atom stereocenters. The van der Waals surface area contributed by atoms with Crippen molar-refractivity contribution < 1.29 is 0 Å². The number of nitriles is 1. The largest absolute Gasteiger partial charge is 0.364 e. The standard InChI is InChI=1S/C29H24N6/c1-29(2,19-30)22-15-21(16-31-17-22)27-34-25-13-8-12-24(20-9-4-3-5-10-20)26(25)28(35-27)33-18-23-11-6-7-14-32-23/h3-17H,18H2,1-2H3,(H,33,34,35). The van der Waals surface area contributed by atoms with E-state index in [1.54, 1.807) is 18.6 Å². The van der Waals surface area contributed by atoms with E-state index >= 15 is 0 Å². The molecule has 5 aromatic rings. The first-order valence-electron chi connectivity index (χ1n) is 11.4. The Hall–Kier alpha value is -4.63. The van der Waals surface area contributed by atoms with Crippen LogP contribution in [0.15, 0.2) is 91.4 Å². The smallest absolute Gasteiger partial charge is 0.163 e. The Morgan fingerprint density at radius 1 is 0.886 bits per heavy atom. The lowest BCUT2D eigenvalue weighted by Crippen LogP contribution is -2.14. The number of nitrogens with zero attached hydrogens (tertiary/aromatic N) is 5. The Kier molecular flexibility index (Phi) is 5.90. The fraction of sp³-hybridized carbons (Fsp3) is 0.138. The number of rotatable bonds is 6. The highest BCUT2D eigenvalue weighted by molar-refractivity contribution is 6.02. The van der Waals surface area contributed by atoms with Crippen molar-refractivity contribution in [1.82, 2.24) is 19.9 Å². The quantitative estimate of drug-likeness (QED) is 0.329. The van der Waals surface area contributed by atoms with E-state index < -0.39 is 5.41 Å². The number of pyridine rings is 2. The molecule has 1 N–H and O–H groups in total. The predicted octanol–water partition coefficient (Wildman–Crippen LogP) is 6.17. The van der Waals surface area contributed by atoms with Crippen LogP contribution in [0.25, 0.3) is 33.4 Å². The Labute approximate surface area is 204 Å². The number of aromatic nitrogens is 4. The van der Waals surface area contributed by atoms with Crippen molar-refractivity contribution in [3.8, 4) is 28.6 Å². The lowest BCUT2D eigenvalue weighted by molar-refractivity contribution is 0.683. The summed E-state index contributed by atoms with van der Waals surface area (Å²) in [7, 11) is 0. The van der Waals surface area contributed by atoms with Gasteiger partial charge in [-0.25, -0.2) is 9.97 Å². The summed E-state index contributed by atoms with van der Waals surface area (Å²) in [6, 6.07) is 26.5. The number of fused-ring (bicyclic) bond motifs is 1. The van der Waals surface area contributed by atoms with E-state index in [1.807, 2.05) is 68.4 Å². The zero-order valence-corrected chi connectivity index (χ0v) is 19.6. The zero-order valence-electron chi connectivity index (χ0n) is 19.6. The summed E-state index contributed by atoms with van der Waals surface area (Å²) in [5, 5.41) is 14.0. The zero-order chi connectivity index (χ0) is 24.3.